The second-order valence-corrected chi connectivity index (χ2v) is 9.38. The lowest BCUT2D eigenvalue weighted by Crippen LogP contribution is -2.40. The third-order valence-electron chi connectivity index (χ3n) is 6.23. The molecule has 1 aliphatic heterocycles. The summed E-state index contributed by atoms with van der Waals surface area (Å²) in [6.45, 7) is 3.62. The van der Waals surface area contributed by atoms with Gasteiger partial charge in [0.1, 0.15) is 17.5 Å². The molecule has 1 aliphatic rings. The van der Waals surface area contributed by atoms with E-state index in [2.05, 4.69) is 4.99 Å². The molecule has 0 saturated carbocycles. The predicted octanol–water partition coefficient (Wildman–Crippen LogP) is 2.84. The van der Waals surface area contributed by atoms with Crippen LogP contribution < -0.4 is 38.6 Å². The average Bonchev–Trinajstić information content (AvgIpc) is 3.25. The van der Waals surface area contributed by atoms with Crippen LogP contribution in [-0.2, 0) is 9.53 Å². The first-order valence-electron chi connectivity index (χ1n) is 12.0. The van der Waals surface area contributed by atoms with Gasteiger partial charge in [-0.25, -0.2) is 9.79 Å². The van der Waals surface area contributed by atoms with Gasteiger partial charge < -0.3 is 28.4 Å². The Labute approximate surface area is 229 Å². The first kappa shape index (κ1) is 27.8. The van der Waals surface area contributed by atoms with Gasteiger partial charge >= 0.3 is 5.97 Å². The van der Waals surface area contributed by atoms with E-state index >= 15 is 0 Å². The molecule has 0 bridgehead atoms. The largest absolute Gasteiger partial charge is 0.497 e. The van der Waals surface area contributed by atoms with E-state index < -0.39 is 12.0 Å². The lowest BCUT2D eigenvalue weighted by molar-refractivity contribution is -0.139. The van der Waals surface area contributed by atoms with Crippen molar-refractivity contribution >= 4 is 23.4 Å². The fraction of sp³-hybridized carbons (Fsp3) is 0.321. The van der Waals surface area contributed by atoms with Gasteiger partial charge in [0, 0.05) is 5.56 Å². The number of ether oxygens (including phenoxy) is 6. The van der Waals surface area contributed by atoms with E-state index in [1.165, 1.54) is 44.3 Å². The molecule has 0 radical (unpaired) electrons. The molecular weight excluding hydrogens is 524 g/mol. The molecule has 0 N–H and O–H groups in total. The quantitative estimate of drug-likeness (QED) is 0.372. The van der Waals surface area contributed by atoms with Gasteiger partial charge in [-0.15, -0.1) is 0 Å². The summed E-state index contributed by atoms with van der Waals surface area (Å²) >= 11 is 1.20. The summed E-state index contributed by atoms with van der Waals surface area (Å²) in [5.41, 5.74) is 1.58. The minimum absolute atomic E-state index is 0.170. The number of thiazole rings is 1. The summed E-state index contributed by atoms with van der Waals surface area (Å²) in [5, 5.41) is 0. The molecule has 0 fully saturated rings. The Morgan fingerprint density at radius 2 is 1.64 bits per heavy atom. The number of hydrogen-bond acceptors (Lipinski definition) is 10. The standard InChI is InChI=1S/C28H30N2O8S/c1-8-38-27(32)23-15(2)29-28-30(24(23)18-14-17(33-3)9-10-19(18)34-4)26(31)22(39-28)13-16-11-20(35-5)25(37-7)21(12-16)36-6/h9-14,24H,8H2,1-7H3/b22-13+. The Morgan fingerprint density at radius 1 is 0.974 bits per heavy atom. The van der Waals surface area contributed by atoms with Crippen molar-refractivity contribution in [2.24, 2.45) is 4.99 Å². The third-order valence-corrected chi connectivity index (χ3v) is 7.22. The number of benzene rings is 2. The zero-order chi connectivity index (χ0) is 28.3. The molecule has 39 heavy (non-hydrogen) atoms. The highest BCUT2D eigenvalue weighted by Gasteiger charge is 2.35. The molecule has 0 saturated heterocycles. The van der Waals surface area contributed by atoms with Crippen LogP contribution in [0.5, 0.6) is 28.7 Å². The van der Waals surface area contributed by atoms with Crippen LogP contribution in [0.3, 0.4) is 0 Å². The lowest BCUT2D eigenvalue weighted by atomic mass is 9.94. The Bertz CT molecular complexity index is 1590. The average molecular weight is 555 g/mol. The molecule has 3 aromatic rings. The summed E-state index contributed by atoms with van der Waals surface area (Å²) < 4.78 is 34.7. The smallest absolute Gasteiger partial charge is 0.338 e. The van der Waals surface area contributed by atoms with Crippen LogP contribution >= 0.6 is 11.3 Å². The van der Waals surface area contributed by atoms with E-state index in [-0.39, 0.29) is 17.7 Å². The van der Waals surface area contributed by atoms with Gasteiger partial charge in [0.2, 0.25) is 5.75 Å². The number of rotatable bonds is 9. The molecule has 2 heterocycles. The van der Waals surface area contributed by atoms with Crippen molar-refractivity contribution in [3.05, 3.63) is 72.4 Å². The number of carbonyl (C=O) groups excluding carboxylic acids is 1. The van der Waals surface area contributed by atoms with E-state index in [0.717, 1.165) is 0 Å². The maximum atomic E-state index is 14.0. The van der Waals surface area contributed by atoms with Gasteiger partial charge in [0.05, 0.1) is 58.0 Å². The molecule has 2 aromatic carbocycles. The second kappa shape index (κ2) is 11.6. The molecule has 1 unspecified atom stereocenters. The number of fused-ring (bicyclic) bond motifs is 1. The van der Waals surface area contributed by atoms with Crippen LogP contribution in [0.4, 0.5) is 0 Å². The summed E-state index contributed by atoms with van der Waals surface area (Å²) in [7, 11) is 7.64. The van der Waals surface area contributed by atoms with Crippen molar-refractivity contribution in [3.8, 4) is 28.7 Å². The van der Waals surface area contributed by atoms with Crippen LogP contribution in [-0.4, -0.2) is 52.7 Å². The molecule has 0 amide bonds. The summed E-state index contributed by atoms with van der Waals surface area (Å²) in [4.78, 5) is 32.2. The third kappa shape index (κ3) is 5.09. The van der Waals surface area contributed by atoms with Crippen molar-refractivity contribution in [1.82, 2.24) is 4.57 Å². The number of hydrogen-bond donors (Lipinski definition) is 0. The van der Waals surface area contributed by atoms with Crippen LogP contribution in [0.15, 0.2) is 51.4 Å². The first-order chi connectivity index (χ1) is 18.8. The maximum absolute atomic E-state index is 14.0. The Morgan fingerprint density at radius 3 is 2.21 bits per heavy atom. The molecule has 0 spiro atoms. The van der Waals surface area contributed by atoms with Crippen molar-refractivity contribution in [2.45, 2.75) is 19.9 Å². The molecule has 206 valence electrons. The Hall–Kier alpha value is -4.25. The molecule has 1 aromatic heterocycles. The summed E-state index contributed by atoms with van der Waals surface area (Å²) in [6.07, 6.45) is 1.72. The van der Waals surface area contributed by atoms with Gasteiger partial charge in [0.25, 0.3) is 5.56 Å². The SMILES string of the molecule is CCOC(=O)C1=C(C)N=c2s/c(=C/c3cc(OC)c(OC)c(OC)c3)c(=O)n2C1c1cc(OC)ccc1OC. The number of allylic oxidation sites excluding steroid dienone is 1. The molecule has 10 nitrogen and oxygen atoms in total. The fourth-order valence-electron chi connectivity index (χ4n) is 4.47. The van der Waals surface area contributed by atoms with Crippen molar-refractivity contribution in [3.63, 3.8) is 0 Å². The van der Waals surface area contributed by atoms with Gasteiger partial charge in [-0.3, -0.25) is 9.36 Å². The van der Waals surface area contributed by atoms with Gasteiger partial charge in [-0.1, -0.05) is 11.3 Å². The topological polar surface area (TPSA) is 107 Å². The van der Waals surface area contributed by atoms with Crippen LogP contribution in [0.25, 0.3) is 6.08 Å². The second-order valence-electron chi connectivity index (χ2n) is 8.37. The van der Waals surface area contributed by atoms with Crippen molar-refractivity contribution in [1.29, 1.82) is 0 Å². The number of aromatic nitrogens is 1. The van der Waals surface area contributed by atoms with E-state index in [9.17, 15) is 9.59 Å². The molecule has 1 atom stereocenters. The number of nitrogens with zero attached hydrogens (tertiary/aromatic N) is 2. The minimum Gasteiger partial charge on any atom is -0.497 e. The first-order valence-corrected chi connectivity index (χ1v) is 12.8. The van der Waals surface area contributed by atoms with E-state index in [4.69, 9.17) is 28.4 Å². The monoisotopic (exact) mass is 554 g/mol. The van der Waals surface area contributed by atoms with Gasteiger partial charge in [0.15, 0.2) is 16.3 Å². The highest BCUT2D eigenvalue weighted by molar-refractivity contribution is 7.07. The minimum atomic E-state index is -0.854. The predicted molar refractivity (Wildman–Crippen MR) is 146 cm³/mol. The van der Waals surface area contributed by atoms with Crippen LogP contribution in [0.2, 0.25) is 0 Å². The lowest BCUT2D eigenvalue weighted by Gasteiger charge is -2.26. The van der Waals surface area contributed by atoms with E-state index in [1.54, 1.807) is 57.4 Å². The summed E-state index contributed by atoms with van der Waals surface area (Å²) in [5.74, 6) is 1.82. The highest BCUT2D eigenvalue weighted by Crippen LogP contribution is 2.39. The number of carbonyl (C=O) groups is 1. The zero-order valence-electron chi connectivity index (χ0n) is 22.8. The summed E-state index contributed by atoms with van der Waals surface area (Å²) in [6, 6.07) is 7.87. The highest BCUT2D eigenvalue weighted by atomic mass is 32.1. The normalized spacial score (nSPS) is 14.8. The van der Waals surface area contributed by atoms with Crippen LogP contribution in [0.1, 0.15) is 31.0 Å². The number of methoxy groups -OCH3 is 5. The Kier molecular flexibility index (Phi) is 8.29. The van der Waals surface area contributed by atoms with E-state index in [1.807, 2.05) is 0 Å². The van der Waals surface area contributed by atoms with Crippen molar-refractivity contribution < 1.29 is 33.2 Å². The zero-order valence-corrected chi connectivity index (χ0v) is 23.6. The van der Waals surface area contributed by atoms with Gasteiger partial charge in [-0.2, -0.15) is 0 Å². The number of esters is 1. The van der Waals surface area contributed by atoms with Gasteiger partial charge in [-0.05, 0) is 55.8 Å². The van der Waals surface area contributed by atoms with Crippen LogP contribution in [0, 0.1) is 0 Å². The Balaban J connectivity index is 2.01. The molecular formula is C28H30N2O8S. The van der Waals surface area contributed by atoms with Crippen molar-refractivity contribution in [2.75, 3.05) is 42.2 Å². The molecule has 4 rings (SSSR count). The van der Waals surface area contributed by atoms with E-state index in [0.29, 0.717) is 54.9 Å². The molecule has 0 aliphatic carbocycles. The maximum Gasteiger partial charge on any atom is 0.338 e. The fourth-order valence-corrected chi connectivity index (χ4v) is 5.52. The molecule has 11 heteroatoms.